The van der Waals surface area contributed by atoms with Gasteiger partial charge in [-0.2, -0.15) is 0 Å². The van der Waals surface area contributed by atoms with E-state index in [9.17, 15) is 13.2 Å². The van der Waals surface area contributed by atoms with Gasteiger partial charge >= 0.3 is 0 Å². The summed E-state index contributed by atoms with van der Waals surface area (Å²) in [5, 5.41) is 2.79. The van der Waals surface area contributed by atoms with Crippen LogP contribution in [0.15, 0.2) is 47.4 Å². The van der Waals surface area contributed by atoms with Crippen molar-refractivity contribution in [2.75, 3.05) is 19.0 Å². The summed E-state index contributed by atoms with van der Waals surface area (Å²) < 4.78 is 39.4. The van der Waals surface area contributed by atoms with Crippen molar-refractivity contribution in [3.05, 3.63) is 48.0 Å². The molecule has 2 aliphatic rings. The zero-order valence-corrected chi connectivity index (χ0v) is 20.2. The molecule has 2 aromatic rings. The van der Waals surface area contributed by atoms with Gasteiger partial charge < -0.3 is 14.8 Å². The maximum Gasteiger partial charge on any atom is 0.255 e. The van der Waals surface area contributed by atoms with Gasteiger partial charge in [0.1, 0.15) is 0 Å². The minimum atomic E-state index is -3.62. The highest BCUT2D eigenvalue weighted by atomic mass is 32.2. The molecule has 8 heteroatoms. The van der Waals surface area contributed by atoms with Crippen molar-refractivity contribution < 1.29 is 22.7 Å². The third kappa shape index (κ3) is 5.17. The lowest BCUT2D eigenvalue weighted by molar-refractivity contribution is 0.102. The second-order valence-corrected chi connectivity index (χ2v) is 10.7. The Labute approximate surface area is 195 Å². The number of amides is 1. The molecule has 0 radical (unpaired) electrons. The van der Waals surface area contributed by atoms with Crippen LogP contribution in [-0.2, 0) is 10.0 Å². The van der Waals surface area contributed by atoms with Crippen LogP contribution in [0.1, 0.15) is 49.9 Å². The van der Waals surface area contributed by atoms with E-state index < -0.39 is 10.0 Å². The van der Waals surface area contributed by atoms with Crippen molar-refractivity contribution in [2.24, 2.45) is 17.8 Å². The van der Waals surface area contributed by atoms with Crippen LogP contribution in [-0.4, -0.2) is 34.1 Å². The minimum absolute atomic E-state index is 0.0840. The summed E-state index contributed by atoms with van der Waals surface area (Å²) in [7, 11) is -2.10. The number of fused-ring (bicyclic) bond motifs is 2. The van der Waals surface area contributed by atoms with Crippen LogP contribution in [0, 0.1) is 17.8 Å². The normalized spacial score (nSPS) is 22.7. The lowest BCUT2D eigenvalue weighted by Crippen LogP contribution is -2.40. The van der Waals surface area contributed by atoms with Crippen LogP contribution in [0.5, 0.6) is 11.5 Å². The molecule has 0 spiro atoms. The molecule has 1 amide bonds. The monoisotopic (exact) mass is 472 g/mol. The molecule has 0 aromatic heterocycles. The molecular weight excluding hydrogens is 440 g/mol. The van der Waals surface area contributed by atoms with E-state index in [-0.39, 0.29) is 16.8 Å². The van der Waals surface area contributed by atoms with Crippen molar-refractivity contribution >= 4 is 21.6 Å². The highest BCUT2D eigenvalue weighted by molar-refractivity contribution is 7.89. The van der Waals surface area contributed by atoms with Gasteiger partial charge in [-0.15, -0.1) is 0 Å². The predicted octanol–water partition coefficient (Wildman–Crippen LogP) is 4.45. The number of hydrogen-bond donors (Lipinski definition) is 2. The second-order valence-electron chi connectivity index (χ2n) is 9.03. The molecule has 0 aliphatic heterocycles. The van der Waals surface area contributed by atoms with Crippen LogP contribution in [0.3, 0.4) is 0 Å². The highest BCUT2D eigenvalue weighted by Crippen LogP contribution is 2.49. The first-order valence-electron chi connectivity index (χ1n) is 11.5. The van der Waals surface area contributed by atoms with E-state index in [4.69, 9.17) is 9.47 Å². The molecule has 2 N–H and O–H groups in total. The van der Waals surface area contributed by atoms with Crippen LogP contribution in [0.2, 0.25) is 0 Å². The fraction of sp³-hybridized carbons (Fsp3) is 0.480. The quantitative estimate of drug-likeness (QED) is 0.562. The molecule has 0 saturated heterocycles. The molecule has 178 valence electrons. The lowest BCUT2D eigenvalue weighted by Gasteiger charge is -2.28. The summed E-state index contributed by atoms with van der Waals surface area (Å²) in [4.78, 5) is 12.8. The van der Waals surface area contributed by atoms with Crippen molar-refractivity contribution in [1.29, 1.82) is 0 Å². The Morgan fingerprint density at radius 2 is 1.85 bits per heavy atom. The van der Waals surface area contributed by atoms with Crippen LogP contribution >= 0.6 is 0 Å². The summed E-state index contributed by atoms with van der Waals surface area (Å²) in [6, 6.07) is 11.1. The average Bonchev–Trinajstić information content (AvgIpc) is 3.43. The van der Waals surface area contributed by atoms with Crippen molar-refractivity contribution in [3.8, 4) is 11.5 Å². The Bertz CT molecular complexity index is 1100. The van der Waals surface area contributed by atoms with E-state index in [0.29, 0.717) is 41.2 Å². The van der Waals surface area contributed by atoms with Crippen LogP contribution in [0.25, 0.3) is 0 Å². The number of sulfonamides is 1. The van der Waals surface area contributed by atoms with Crippen LogP contribution < -0.4 is 19.5 Å². The van der Waals surface area contributed by atoms with E-state index in [1.165, 1.54) is 38.5 Å². The third-order valence-electron chi connectivity index (χ3n) is 6.92. The molecule has 4 atom stereocenters. The second kappa shape index (κ2) is 9.73. The van der Waals surface area contributed by atoms with Gasteiger partial charge in [-0.25, -0.2) is 13.1 Å². The highest BCUT2D eigenvalue weighted by Gasteiger charge is 2.42. The molecule has 4 rings (SSSR count). The molecule has 33 heavy (non-hydrogen) atoms. The first-order valence-corrected chi connectivity index (χ1v) is 13.0. The topological polar surface area (TPSA) is 93.7 Å². The summed E-state index contributed by atoms with van der Waals surface area (Å²) in [6.45, 7) is 4.34. The molecule has 2 saturated carbocycles. The van der Waals surface area contributed by atoms with Gasteiger partial charge in [0.25, 0.3) is 5.91 Å². The van der Waals surface area contributed by atoms with Crippen molar-refractivity contribution in [2.45, 2.75) is 50.5 Å². The SMILES string of the molecule is CCOc1ccc(C(=O)Nc2ccc(S(=O)(=O)NC(C)C3CC4CCC3C4)cc2)cc1OC. The third-order valence-corrected chi connectivity index (χ3v) is 8.50. The van der Waals surface area contributed by atoms with Crippen molar-refractivity contribution in [1.82, 2.24) is 4.72 Å². The van der Waals surface area contributed by atoms with Gasteiger partial charge in [0.15, 0.2) is 11.5 Å². The Morgan fingerprint density at radius 1 is 1.09 bits per heavy atom. The fourth-order valence-corrected chi connectivity index (χ4v) is 6.61. The van der Waals surface area contributed by atoms with Gasteiger partial charge in [0, 0.05) is 17.3 Å². The van der Waals surface area contributed by atoms with Gasteiger partial charge in [0.05, 0.1) is 18.6 Å². The zero-order valence-electron chi connectivity index (χ0n) is 19.3. The molecule has 2 bridgehead atoms. The number of methoxy groups -OCH3 is 1. The van der Waals surface area contributed by atoms with Gasteiger partial charge in [-0.1, -0.05) is 6.42 Å². The van der Waals surface area contributed by atoms with E-state index >= 15 is 0 Å². The molecule has 2 fully saturated rings. The predicted molar refractivity (Wildman–Crippen MR) is 127 cm³/mol. The van der Waals surface area contributed by atoms with E-state index in [0.717, 1.165) is 12.3 Å². The van der Waals surface area contributed by atoms with Crippen molar-refractivity contribution in [3.63, 3.8) is 0 Å². The standard InChI is InChI=1S/C25H32N2O5S/c1-4-32-23-12-7-19(15-24(23)31-3)25(28)26-20-8-10-21(11-9-20)33(29,30)27-16(2)22-14-17-5-6-18(22)13-17/h7-12,15-18,22,27H,4-6,13-14H2,1-3H3,(H,26,28). The summed E-state index contributed by atoms with van der Waals surface area (Å²) in [5.74, 6) is 2.55. The Balaban J connectivity index is 1.40. The smallest absolute Gasteiger partial charge is 0.255 e. The Hall–Kier alpha value is -2.58. The van der Waals surface area contributed by atoms with Gasteiger partial charge in [-0.05, 0) is 93.3 Å². The number of ether oxygens (including phenoxy) is 2. The number of anilines is 1. The van der Waals surface area contributed by atoms with Gasteiger partial charge in [0.2, 0.25) is 10.0 Å². The van der Waals surface area contributed by atoms with E-state index in [1.807, 2.05) is 13.8 Å². The number of carbonyl (C=O) groups excluding carboxylic acids is 1. The summed E-state index contributed by atoms with van der Waals surface area (Å²) >= 11 is 0. The molecule has 4 unspecified atom stereocenters. The fourth-order valence-electron chi connectivity index (χ4n) is 5.31. The lowest BCUT2D eigenvalue weighted by atomic mass is 9.84. The number of carbonyl (C=O) groups is 1. The molecule has 0 heterocycles. The first kappa shape index (κ1) is 23.6. The summed E-state index contributed by atoms with van der Waals surface area (Å²) in [6.07, 6.45) is 4.87. The maximum absolute atomic E-state index is 12.9. The van der Waals surface area contributed by atoms with E-state index in [1.54, 1.807) is 30.3 Å². The first-order chi connectivity index (χ1) is 15.8. The zero-order chi connectivity index (χ0) is 23.6. The molecular formula is C25H32N2O5S. The number of nitrogens with one attached hydrogen (secondary N) is 2. The van der Waals surface area contributed by atoms with Crippen LogP contribution in [0.4, 0.5) is 5.69 Å². The molecule has 2 aliphatic carbocycles. The Kier molecular flexibility index (Phi) is 6.95. The largest absolute Gasteiger partial charge is 0.493 e. The Morgan fingerprint density at radius 3 is 2.45 bits per heavy atom. The maximum atomic E-state index is 12.9. The minimum Gasteiger partial charge on any atom is -0.493 e. The number of hydrogen-bond acceptors (Lipinski definition) is 5. The summed E-state index contributed by atoms with van der Waals surface area (Å²) in [5.41, 5.74) is 0.918. The number of benzene rings is 2. The molecule has 7 nitrogen and oxygen atoms in total. The van der Waals surface area contributed by atoms with Gasteiger partial charge in [-0.3, -0.25) is 4.79 Å². The van der Waals surface area contributed by atoms with E-state index in [2.05, 4.69) is 10.0 Å². The molecule has 2 aromatic carbocycles. The number of rotatable bonds is 9. The average molecular weight is 473 g/mol.